The van der Waals surface area contributed by atoms with E-state index < -0.39 is 16.1 Å². The zero-order valence-electron chi connectivity index (χ0n) is 24.2. The van der Waals surface area contributed by atoms with E-state index in [-0.39, 0.29) is 43.7 Å². The molecule has 0 bridgehead atoms. The van der Waals surface area contributed by atoms with Crippen molar-refractivity contribution in [2.45, 2.75) is 52.6 Å². The van der Waals surface area contributed by atoms with E-state index in [0.717, 1.165) is 22.9 Å². The third-order valence-electron chi connectivity index (χ3n) is 6.82. The van der Waals surface area contributed by atoms with E-state index in [1.54, 1.807) is 29.2 Å². The highest BCUT2D eigenvalue weighted by atomic mass is 35.5. The number of hydrogen-bond donors (Lipinski definition) is 1. The molecule has 2 amide bonds. The largest absolute Gasteiger partial charge is 0.354 e. The molecule has 0 aliphatic heterocycles. The van der Waals surface area contributed by atoms with Gasteiger partial charge in [-0.2, -0.15) is 0 Å². The normalized spacial score (nSPS) is 12.1. The van der Waals surface area contributed by atoms with Crippen molar-refractivity contribution in [3.63, 3.8) is 0 Å². The van der Waals surface area contributed by atoms with E-state index in [1.165, 1.54) is 4.31 Å². The van der Waals surface area contributed by atoms with Crippen molar-refractivity contribution in [1.82, 2.24) is 10.2 Å². The molecule has 0 radical (unpaired) electrons. The van der Waals surface area contributed by atoms with Crippen LogP contribution in [0, 0.1) is 12.8 Å². The Balaban J connectivity index is 1.88. The summed E-state index contributed by atoms with van der Waals surface area (Å²) >= 11 is 5.99. The van der Waals surface area contributed by atoms with Crippen molar-refractivity contribution in [3.05, 3.63) is 101 Å². The predicted octanol–water partition coefficient (Wildman–Crippen LogP) is 5.61. The van der Waals surface area contributed by atoms with Gasteiger partial charge >= 0.3 is 0 Å². The van der Waals surface area contributed by atoms with Crippen molar-refractivity contribution < 1.29 is 18.0 Å². The molecule has 0 unspecified atom stereocenters. The molecule has 3 aromatic rings. The number of amides is 2. The summed E-state index contributed by atoms with van der Waals surface area (Å²) in [6, 6.07) is 23.3. The highest BCUT2D eigenvalue weighted by molar-refractivity contribution is 7.92. The van der Waals surface area contributed by atoms with Crippen molar-refractivity contribution in [2.75, 3.05) is 23.7 Å². The first-order chi connectivity index (χ1) is 19.5. The summed E-state index contributed by atoms with van der Waals surface area (Å²) < 4.78 is 26.4. The van der Waals surface area contributed by atoms with Crippen LogP contribution >= 0.6 is 11.6 Å². The molecule has 0 saturated carbocycles. The molecule has 0 heterocycles. The zero-order chi connectivity index (χ0) is 30.0. The Kier molecular flexibility index (Phi) is 11.8. The molecule has 0 fully saturated rings. The first-order valence-electron chi connectivity index (χ1n) is 13.8. The molecule has 9 heteroatoms. The Labute approximate surface area is 249 Å². The van der Waals surface area contributed by atoms with Gasteiger partial charge in [-0.15, -0.1) is 0 Å². The lowest BCUT2D eigenvalue weighted by atomic mass is 10.0. The van der Waals surface area contributed by atoms with Gasteiger partial charge in [-0.05, 0) is 60.2 Å². The van der Waals surface area contributed by atoms with Crippen LogP contribution in [0.1, 0.15) is 43.4 Å². The highest BCUT2D eigenvalue weighted by Crippen LogP contribution is 2.22. The smallest absolute Gasteiger partial charge is 0.243 e. The van der Waals surface area contributed by atoms with Gasteiger partial charge in [0, 0.05) is 37.5 Å². The quantitative estimate of drug-likeness (QED) is 0.262. The van der Waals surface area contributed by atoms with Gasteiger partial charge in [-0.25, -0.2) is 8.42 Å². The Morgan fingerprint density at radius 1 is 0.927 bits per heavy atom. The molecular weight excluding hydrogens is 558 g/mol. The number of carbonyl (C=O) groups excluding carboxylic acids is 2. The summed E-state index contributed by atoms with van der Waals surface area (Å²) in [6.07, 6.45) is 1.87. The van der Waals surface area contributed by atoms with Gasteiger partial charge in [-0.3, -0.25) is 13.9 Å². The molecule has 220 valence electrons. The molecule has 0 aromatic heterocycles. The Morgan fingerprint density at radius 2 is 1.56 bits per heavy atom. The van der Waals surface area contributed by atoms with Crippen LogP contribution in [0.2, 0.25) is 5.02 Å². The second kappa shape index (κ2) is 15.0. The predicted molar refractivity (Wildman–Crippen MR) is 166 cm³/mol. The molecule has 0 aliphatic rings. The first kappa shape index (κ1) is 32.2. The minimum atomic E-state index is -3.59. The van der Waals surface area contributed by atoms with Gasteiger partial charge < -0.3 is 10.2 Å². The molecular formula is C32H40ClN3O4S. The maximum absolute atomic E-state index is 13.9. The van der Waals surface area contributed by atoms with Crippen molar-refractivity contribution >= 4 is 39.1 Å². The maximum atomic E-state index is 13.9. The Bertz CT molecular complexity index is 1400. The first-order valence-corrected chi connectivity index (χ1v) is 16.1. The average Bonchev–Trinajstić information content (AvgIpc) is 2.93. The maximum Gasteiger partial charge on any atom is 0.243 e. The number of carbonyl (C=O) groups is 2. The lowest BCUT2D eigenvalue weighted by molar-refractivity contribution is -0.141. The molecule has 7 nitrogen and oxygen atoms in total. The molecule has 41 heavy (non-hydrogen) atoms. The minimum absolute atomic E-state index is 0.0776. The summed E-state index contributed by atoms with van der Waals surface area (Å²) in [4.78, 5) is 29.2. The standard InChI is InChI=1S/C32H40ClN3O4S/c1-24(2)22-34-32(38)30(21-26-12-6-5-7-13-26)35(23-27-14-9-8-11-25(27)3)31(37)15-10-20-36(41(4,39)40)29-18-16-28(33)17-19-29/h5-9,11-14,16-19,24,30H,10,15,20-23H2,1-4H3,(H,34,38)/t30-/m1/s1. The van der Waals surface area contributed by atoms with E-state index >= 15 is 0 Å². The van der Waals surface area contributed by atoms with Gasteiger partial charge in [0.1, 0.15) is 6.04 Å². The zero-order valence-corrected chi connectivity index (χ0v) is 25.8. The van der Waals surface area contributed by atoms with Gasteiger partial charge in [0.25, 0.3) is 0 Å². The SMILES string of the molecule is Cc1ccccc1CN(C(=O)CCCN(c1ccc(Cl)cc1)S(C)(=O)=O)[C@H](Cc1ccccc1)C(=O)NCC(C)C. The lowest BCUT2D eigenvalue weighted by Gasteiger charge is -2.32. The van der Waals surface area contributed by atoms with Crippen LogP contribution in [0.5, 0.6) is 0 Å². The second-order valence-corrected chi connectivity index (χ2v) is 13.1. The van der Waals surface area contributed by atoms with Gasteiger partial charge in [0.15, 0.2) is 0 Å². The molecule has 3 rings (SSSR count). The summed E-state index contributed by atoms with van der Waals surface area (Å²) in [5, 5.41) is 3.53. The third kappa shape index (κ3) is 9.90. The number of sulfonamides is 1. The van der Waals surface area contributed by atoms with Gasteiger partial charge in [-0.1, -0.05) is 80.0 Å². The topological polar surface area (TPSA) is 86.8 Å². The monoisotopic (exact) mass is 597 g/mol. The van der Waals surface area contributed by atoms with Gasteiger partial charge in [0.2, 0.25) is 21.8 Å². The van der Waals surface area contributed by atoms with Crippen LogP contribution < -0.4 is 9.62 Å². The number of rotatable bonds is 14. The van der Waals surface area contributed by atoms with Crippen LogP contribution in [0.25, 0.3) is 0 Å². The van der Waals surface area contributed by atoms with E-state index in [0.29, 0.717) is 23.7 Å². The second-order valence-electron chi connectivity index (χ2n) is 10.7. The van der Waals surface area contributed by atoms with E-state index in [9.17, 15) is 18.0 Å². The average molecular weight is 598 g/mol. The molecule has 1 atom stereocenters. The fourth-order valence-electron chi connectivity index (χ4n) is 4.56. The number of nitrogens with zero attached hydrogens (tertiary/aromatic N) is 2. The number of nitrogens with one attached hydrogen (secondary N) is 1. The number of aryl methyl sites for hydroxylation is 1. The van der Waals surface area contributed by atoms with Crippen LogP contribution in [0.15, 0.2) is 78.9 Å². The molecule has 1 N–H and O–H groups in total. The summed E-state index contributed by atoms with van der Waals surface area (Å²) in [7, 11) is -3.59. The van der Waals surface area contributed by atoms with Crippen molar-refractivity contribution in [3.8, 4) is 0 Å². The van der Waals surface area contributed by atoms with E-state index in [4.69, 9.17) is 11.6 Å². The molecule has 0 aliphatic carbocycles. The fraction of sp³-hybridized carbons (Fsp3) is 0.375. The van der Waals surface area contributed by atoms with Crippen LogP contribution in [-0.2, 0) is 32.6 Å². The summed E-state index contributed by atoms with van der Waals surface area (Å²) in [5.74, 6) is -0.159. The lowest BCUT2D eigenvalue weighted by Crippen LogP contribution is -2.51. The number of hydrogen-bond acceptors (Lipinski definition) is 4. The third-order valence-corrected chi connectivity index (χ3v) is 8.27. The van der Waals surface area contributed by atoms with E-state index in [1.807, 2.05) is 75.4 Å². The molecule has 3 aromatic carbocycles. The number of anilines is 1. The number of halogens is 1. The number of benzene rings is 3. The minimum Gasteiger partial charge on any atom is -0.354 e. The molecule has 0 spiro atoms. The Hall–Kier alpha value is -3.36. The van der Waals surface area contributed by atoms with E-state index in [2.05, 4.69) is 5.32 Å². The fourth-order valence-corrected chi connectivity index (χ4v) is 5.65. The Morgan fingerprint density at radius 3 is 2.17 bits per heavy atom. The summed E-state index contributed by atoms with van der Waals surface area (Å²) in [5.41, 5.74) is 3.41. The van der Waals surface area contributed by atoms with Crippen molar-refractivity contribution in [2.24, 2.45) is 5.92 Å². The van der Waals surface area contributed by atoms with Crippen LogP contribution in [-0.4, -0.2) is 50.5 Å². The highest BCUT2D eigenvalue weighted by Gasteiger charge is 2.31. The van der Waals surface area contributed by atoms with Crippen LogP contribution in [0.3, 0.4) is 0 Å². The van der Waals surface area contributed by atoms with Gasteiger partial charge in [0.05, 0.1) is 11.9 Å². The molecule has 0 saturated heterocycles. The van der Waals surface area contributed by atoms with Crippen LogP contribution in [0.4, 0.5) is 5.69 Å². The van der Waals surface area contributed by atoms with Crippen molar-refractivity contribution in [1.29, 1.82) is 0 Å². The summed E-state index contributed by atoms with van der Waals surface area (Å²) in [6.45, 7) is 6.92.